The first kappa shape index (κ1) is 12.3. The lowest BCUT2D eigenvalue weighted by Gasteiger charge is -2.11. The minimum Gasteiger partial charge on any atom is -0.337 e. The number of anilines is 2. The van der Waals surface area contributed by atoms with Crippen LogP contribution in [0.4, 0.5) is 11.5 Å². The van der Waals surface area contributed by atoms with Crippen molar-refractivity contribution in [3.05, 3.63) is 48.2 Å². The van der Waals surface area contributed by atoms with Crippen molar-refractivity contribution in [3.63, 3.8) is 0 Å². The van der Waals surface area contributed by atoms with Crippen molar-refractivity contribution in [1.82, 2.24) is 25.1 Å². The van der Waals surface area contributed by atoms with Crippen molar-refractivity contribution >= 4 is 11.5 Å². The van der Waals surface area contributed by atoms with Crippen LogP contribution in [0.2, 0.25) is 0 Å². The number of nitrogens with one attached hydrogen (secondary N) is 2. The monoisotopic (exact) mass is 266 g/mol. The molecule has 0 atom stereocenters. The molecule has 0 aliphatic carbocycles. The maximum Gasteiger partial charge on any atom is 0.161 e. The maximum atomic E-state index is 4.59. The van der Waals surface area contributed by atoms with Crippen molar-refractivity contribution in [2.45, 2.75) is 13.8 Å². The Morgan fingerprint density at radius 2 is 1.90 bits per heavy atom. The summed E-state index contributed by atoms with van der Waals surface area (Å²) in [5, 5.41) is 9.92. The average Bonchev–Trinajstić information content (AvgIpc) is 2.97. The van der Waals surface area contributed by atoms with Gasteiger partial charge in [0.05, 0.1) is 11.9 Å². The molecule has 20 heavy (non-hydrogen) atoms. The van der Waals surface area contributed by atoms with Gasteiger partial charge < -0.3 is 5.32 Å². The molecular formula is C14H14N6. The molecule has 0 saturated carbocycles. The molecule has 0 aliphatic heterocycles. The van der Waals surface area contributed by atoms with Crippen LogP contribution in [-0.2, 0) is 0 Å². The lowest BCUT2D eigenvalue weighted by molar-refractivity contribution is 1.07. The molecule has 3 heterocycles. The number of H-pyrrole nitrogens is 1. The van der Waals surface area contributed by atoms with E-state index in [1.54, 1.807) is 24.8 Å². The second-order valence-electron chi connectivity index (χ2n) is 4.45. The number of hydrogen-bond acceptors (Lipinski definition) is 5. The Bertz CT molecular complexity index is 706. The molecule has 3 aromatic rings. The Balaban J connectivity index is 2.04. The molecule has 0 aliphatic rings. The van der Waals surface area contributed by atoms with Gasteiger partial charge >= 0.3 is 0 Å². The Labute approximate surface area is 116 Å². The molecule has 0 saturated heterocycles. The van der Waals surface area contributed by atoms with E-state index in [-0.39, 0.29) is 0 Å². The topological polar surface area (TPSA) is 79.4 Å². The summed E-state index contributed by atoms with van der Waals surface area (Å²) in [5.41, 5.74) is 3.77. The lowest BCUT2D eigenvalue weighted by atomic mass is 10.2. The van der Waals surface area contributed by atoms with Gasteiger partial charge in [-0.1, -0.05) is 0 Å². The van der Waals surface area contributed by atoms with Crippen LogP contribution in [0.3, 0.4) is 0 Å². The Morgan fingerprint density at radius 3 is 2.60 bits per heavy atom. The standard InChI is InChI=1S/C14H14N6/c1-9-10(2)18-14(11-3-5-15-6-4-11)20-13(9)19-12-7-16-17-8-12/h3-8H,1-2H3,(H,16,17)(H,18,19,20). The Hall–Kier alpha value is -2.76. The van der Waals surface area contributed by atoms with E-state index in [0.29, 0.717) is 5.82 Å². The number of pyridine rings is 1. The number of rotatable bonds is 3. The third-order valence-electron chi connectivity index (χ3n) is 3.09. The lowest BCUT2D eigenvalue weighted by Crippen LogP contribution is -2.02. The van der Waals surface area contributed by atoms with E-state index in [1.807, 2.05) is 26.0 Å². The van der Waals surface area contributed by atoms with Crippen molar-refractivity contribution in [3.8, 4) is 11.4 Å². The highest BCUT2D eigenvalue weighted by atomic mass is 15.1. The van der Waals surface area contributed by atoms with Crippen molar-refractivity contribution in [2.75, 3.05) is 5.32 Å². The first-order chi connectivity index (χ1) is 9.74. The van der Waals surface area contributed by atoms with Gasteiger partial charge in [0.15, 0.2) is 5.82 Å². The highest BCUT2D eigenvalue weighted by Gasteiger charge is 2.10. The van der Waals surface area contributed by atoms with Gasteiger partial charge in [-0.2, -0.15) is 5.10 Å². The fourth-order valence-corrected chi connectivity index (χ4v) is 1.84. The molecule has 0 unspecified atom stereocenters. The van der Waals surface area contributed by atoms with Gasteiger partial charge in [0.1, 0.15) is 5.82 Å². The molecule has 0 spiro atoms. The summed E-state index contributed by atoms with van der Waals surface area (Å²) in [6, 6.07) is 3.79. The minimum absolute atomic E-state index is 0.682. The molecule has 2 N–H and O–H groups in total. The second-order valence-corrected chi connectivity index (χ2v) is 4.45. The normalized spacial score (nSPS) is 10.5. The summed E-state index contributed by atoms with van der Waals surface area (Å²) in [4.78, 5) is 13.1. The molecule has 0 radical (unpaired) electrons. The Kier molecular flexibility index (Phi) is 3.12. The van der Waals surface area contributed by atoms with E-state index < -0.39 is 0 Å². The summed E-state index contributed by atoms with van der Waals surface area (Å²) in [5.74, 6) is 1.47. The SMILES string of the molecule is Cc1nc(-c2ccncc2)nc(Nc2cn[nH]c2)c1C. The van der Waals surface area contributed by atoms with Gasteiger partial charge in [-0.25, -0.2) is 9.97 Å². The molecular weight excluding hydrogens is 252 g/mol. The zero-order chi connectivity index (χ0) is 13.9. The Morgan fingerprint density at radius 1 is 1.10 bits per heavy atom. The van der Waals surface area contributed by atoms with E-state index >= 15 is 0 Å². The largest absolute Gasteiger partial charge is 0.337 e. The van der Waals surface area contributed by atoms with Crippen LogP contribution >= 0.6 is 0 Å². The van der Waals surface area contributed by atoms with Crippen LogP contribution in [0.5, 0.6) is 0 Å². The summed E-state index contributed by atoms with van der Waals surface area (Å²) in [7, 11) is 0. The van der Waals surface area contributed by atoms with Crippen LogP contribution in [0, 0.1) is 13.8 Å². The predicted molar refractivity (Wildman–Crippen MR) is 76.6 cm³/mol. The van der Waals surface area contributed by atoms with Gasteiger partial charge in [-0.3, -0.25) is 10.1 Å². The number of aromatic nitrogens is 5. The van der Waals surface area contributed by atoms with E-state index in [0.717, 1.165) is 28.3 Å². The van der Waals surface area contributed by atoms with Gasteiger partial charge in [0, 0.05) is 35.4 Å². The molecule has 0 amide bonds. The fraction of sp³-hybridized carbons (Fsp3) is 0.143. The van der Waals surface area contributed by atoms with E-state index in [1.165, 1.54) is 0 Å². The molecule has 3 aromatic heterocycles. The van der Waals surface area contributed by atoms with Gasteiger partial charge in [0.25, 0.3) is 0 Å². The van der Waals surface area contributed by atoms with Crippen LogP contribution in [0.15, 0.2) is 36.9 Å². The summed E-state index contributed by atoms with van der Waals surface area (Å²) in [6.07, 6.45) is 6.96. The molecule has 0 bridgehead atoms. The average molecular weight is 266 g/mol. The molecule has 0 fully saturated rings. The number of hydrogen-bond donors (Lipinski definition) is 2. The number of nitrogens with zero attached hydrogens (tertiary/aromatic N) is 4. The first-order valence-corrected chi connectivity index (χ1v) is 6.25. The van der Waals surface area contributed by atoms with Crippen molar-refractivity contribution in [1.29, 1.82) is 0 Å². The molecule has 3 rings (SSSR count). The van der Waals surface area contributed by atoms with E-state index in [2.05, 4.69) is 30.5 Å². The third-order valence-corrected chi connectivity index (χ3v) is 3.09. The van der Waals surface area contributed by atoms with Crippen molar-refractivity contribution < 1.29 is 0 Å². The zero-order valence-corrected chi connectivity index (χ0v) is 11.3. The minimum atomic E-state index is 0.682. The molecule has 0 aromatic carbocycles. The second kappa shape index (κ2) is 5.08. The quantitative estimate of drug-likeness (QED) is 0.761. The van der Waals surface area contributed by atoms with Crippen LogP contribution in [0.25, 0.3) is 11.4 Å². The fourth-order valence-electron chi connectivity index (χ4n) is 1.84. The first-order valence-electron chi connectivity index (χ1n) is 6.25. The molecule has 6 nitrogen and oxygen atoms in total. The van der Waals surface area contributed by atoms with Crippen LogP contribution in [0.1, 0.15) is 11.3 Å². The summed E-state index contributed by atoms with van der Waals surface area (Å²) in [6.45, 7) is 3.97. The maximum absolute atomic E-state index is 4.59. The third kappa shape index (κ3) is 2.35. The van der Waals surface area contributed by atoms with Crippen LogP contribution < -0.4 is 5.32 Å². The molecule has 100 valence electrons. The van der Waals surface area contributed by atoms with Gasteiger partial charge in [0.2, 0.25) is 0 Å². The van der Waals surface area contributed by atoms with Crippen molar-refractivity contribution in [2.24, 2.45) is 0 Å². The highest BCUT2D eigenvalue weighted by Crippen LogP contribution is 2.23. The number of aryl methyl sites for hydroxylation is 1. The zero-order valence-electron chi connectivity index (χ0n) is 11.3. The van der Waals surface area contributed by atoms with Gasteiger partial charge in [-0.15, -0.1) is 0 Å². The predicted octanol–water partition coefficient (Wildman–Crippen LogP) is 2.62. The highest BCUT2D eigenvalue weighted by molar-refractivity contribution is 5.63. The van der Waals surface area contributed by atoms with E-state index in [9.17, 15) is 0 Å². The summed E-state index contributed by atoms with van der Waals surface area (Å²) < 4.78 is 0. The van der Waals surface area contributed by atoms with Gasteiger partial charge in [-0.05, 0) is 26.0 Å². The molecule has 6 heteroatoms. The van der Waals surface area contributed by atoms with Crippen LogP contribution in [-0.4, -0.2) is 25.1 Å². The van der Waals surface area contributed by atoms with E-state index in [4.69, 9.17) is 0 Å². The summed E-state index contributed by atoms with van der Waals surface area (Å²) >= 11 is 0. The number of aromatic amines is 1. The smallest absolute Gasteiger partial charge is 0.161 e.